The van der Waals surface area contributed by atoms with E-state index in [1.165, 1.54) is 218 Å². The molecule has 0 fully saturated rings. The van der Waals surface area contributed by atoms with Gasteiger partial charge in [0.15, 0.2) is 6.10 Å². The molecular weight excluding hydrogens is 973 g/mol. The highest BCUT2D eigenvalue weighted by molar-refractivity contribution is 5.71. The molecule has 0 amide bonds. The third-order valence-corrected chi connectivity index (χ3v) is 15.2. The lowest BCUT2D eigenvalue weighted by atomic mass is 10.0. The molecule has 0 radical (unpaired) electrons. The predicted octanol–water partition coefficient (Wildman–Crippen LogP) is 23.7. The fraction of sp³-hybridized carbons (Fsp3) is 0.795. The molecule has 0 aromatic rings. The summed E-state index contributed by atoms with van der Waals surface area (Å²) in [6.07, 6.45) is 87.9. The first-order chi connectivity index (χ1) is 39.0. The summed E-state index contributed by atoms with van der Waals surface area (Å²) in [5, 5.41) is 0. The molecule has 0 aromatic heterocycles. The number of ether oxygens (including phenoxy) is 3. The summed E-state index contributed by atoms with van der Waals surface area (Å²) in [6.45, 7) is 6.54. The van der Waals surface area contributed by atoms with Crippen LogP contribution in [0, 0.1) is 0 Å². The van der Waals surface area contributed by atoms with Crippen molar-refractivity contribution in [2.45, 2.75) is 361 Å². The fourth-order valence-corrected chi connectivity index (χ4v) is 10.1. The minimum atomic E-state index is -0.775. The van der Waals surface area contributed by atoms with Crippen molar-refractivity contribution in [3.8, 4) is 0 Å². The molecule has 0 aliphatic carbocycles. The van der Waals surface area contributed by atoms with Gasteiger partial charge >= 0.3 is 17.9 Å². The number of allylic oxidation sites excluding steroid dienone is 12. The summed E-state index contributed by atoms with van der Waals surface area (Å²) < 4.78 is 16.9. The van der Waals surface area contributed by atoms with E-state index in [2.05, 4.69) is 93.7 Å². The third-order valence-electron chi connectivity index (χ3n) is 15.2. The normalized spacial score (nSPS) is 12.5. The Balaban J connectivity index is 4.12. The quantitative estimate of drug-likeness (QED) is 0.0261. The monoisotopic (exact) mass is 1100 g/mol. The zero-order valence-electron chi connectivity index (χ0n) is 52.6. The predicted molar refractivity (Wildman–Crippen MR) is 344 cm³/mol. The molecule has 0 rings (SSSR count). The maximum Gasteiger partial charge on any atom is 0.306 e. The van der Waals surface area contributed by atoms with Crippen molar-refractivity contribution >= 4 is 17.9 Å². The van der Waals surface area contributed by atoms with Crippen LogP contribution in [-0.2, 0) is 28.6 Å². The molecule has 0 aliphatic heterocycles. The van der Waals surface area contributed by atoms with Crippen molar-refractivity contribution in [1.29, 1.82) is 0 Å². The second kappa shape index (κ2) is 67.4. The Kier molecular flexibility index (Phi) is 64.7. The van der Waals surface area contributed by atoms with E-state index in [4.69, 9.17) is 14.2 Å². The Morgan fingerprint density at radius 3 is 0.810 bits per heavy atom. The van der Waals surface area contributed by atoms with Crippen LogP contribution in [0.3, 0.4) is 0 Å². The van der Waals surface area contributed by atoms with Crippen molar-refractivity contribution < 1.29 is 28.6 Å². The SMILES string of the molecule is CC/C=C\C/C=C\C/C=C\C/C=C\C/C=C\CCCCCCCCCCCCCCCCCCCC(=O)OCC(COC(=O)CCCCCCC/C=C\CCCCC)OC(=O)CCCCCCCCCCCCCCCCCC. The van der Waals surface area contributed by atoms with Crippen LogP contribution in [0.4, 0.5) is 0 Å². The van der Waals surface area contributed by atoms with Crippen LogP contribution in [0.5, 0.6) is 0 Å². The molecule has 1 atom stereocenters. The van der Waals surface area contributed by atoms with E-state index in [1.54, 1.807) is 0 Å². The molecule has 0 saturated heterocycles. The standard InChI is InChI=1S/C73H130O6/c1-4-7-10-13-16-19-22-25-27-29-30-31-32-33-34-35-36-37-38-39-40-41-42-43-44-45-47-48-51-54-57-60-63-66-72(75)78-69-70(68-77-71(74)65-62-59-56-53-50-24-21-18-15-12-9-6-3)79-73(76)67-64-61-58-55-52-49-46-28-26-23-20-17-14-11-8-5-2/h7,10,16,18-19,21,25,27,30-31,33-34,70H,4-6,8-9,11-15,17,20,22-24,26,28-29,32,35-69H2,1-3H3/b10-7-,19-16-,21-18-,27-25-,31-30-,34-33-. The van der Waals surface area contributed by atoms with E-state index < -0.39 is 6.10 Å². The molecular formula is C73H130O6. The summed E-state index contributed by atoms with van der Waals surface area (Å²) in [5.41, 5.74) is 0. The molecule has 0 heterocycles. The molecule has 79 heavy (non-hydrogen) atoms. The molecule has 458 valence electrons. The van der Waals surface area contributed by atoms with Crippen LogP contribution in [0.1, 0.15) is 355 Å². The summed E-state index contributed by atoms with van der Waals surface area (Å²) in [4.78, 5) is 38.3. The van der Waals surface area contributed by atoms with Gasteiger partial charge in [-0.15, -0.1) is 0 Å². The van der Waals surface area contributed by atoms with E-state index in [0.717, 1.165) is 96.3 Å². The van der Waals surface area contributed by atoms with Crippen LogP contribution in [0.2, 0.25) is 0 Å². The van der Waals surface area contributed by atoms with Gasteiger partial charge in [0.1, 0.15) is 13.2 Å². The zero-order valence-corrected chi connectivity index (χ0v) is 52.6. The lowest BCUT2D eigenvalue weighted by molar-refractivity contribution is -0.167. The highest BCUT2D eigenvalue weighted by Crippen LogP contribution is 2.18. The van der Waals surface area contributed by atoms with Gasteiger partial charge in [0.05, 0.1) is 0 Å². The number of rotatable bonds is 63. The molecule has 0 spiro atoms. The van der Waals surface area contributed by atoms with Crippen LogP contribution in [-0.4, -0.2) is 37.2 Å². The Morgan fingerprint density at radius 1 is 0.266 bits per heavy atom. The number of hydrogen-bond donors (Lipinski definition) is 0. The van der Waals surface area contributed by atoms with Gasteiger partial charge in [0.2, 0.25) is 0 Å². The Labute approximate surface area is 491 Å². The highest BCUT2D eigenvalue weighted by Gasteiger charge is 2.19. The van der Waals surface area contributed by atoms with Crippen molar-refractivity contribution in [2.75, 3.05) is 13.2 Å². The molecule has 0 aliphatic rings. The first-order valence-corrected chi connectivity index (χ1v) is 34.4. The Hall–Kier alpha value is -3.15. The van der Waals surface area contributed by atoms with Gasteiger partial charge in [-0.25, -0.2) is 0 Å². The van der Waals surface area contributed by atoms with Gasteiger partial charge < -0.3 is 14.2 Å². The number of carbonyl (C=O) groups is 3. The molecule has 0 N–H and O–H groups in total. The van der Waals surface area contributed by atoms with E-state index >= 15 is 0 Å². The van der Waals surface area contributed by atoms with E-state index in [1.807, 2.05) is 0 Å². The molecule has 1 unspecified atom stereocenters. The van der Waals surface area contributed by atoms with E-state index in [0.29, 0.717) is 19.3 Å². The van der Waals surface area contributed by atoms with Gasteiger partial charge in [-0.1, -0.05) is 318 Å². The van der Waals surface area contributed by atoms with Crippen LogP contribution < -0.4 is 0 Å². The fourth-order valence-electron chi connectivity index (χ4n) is 10.1. The molecule has 0 aromatic carbocycles. The van der Waals surface area contributed by atoms with E-state index in [9.17, 15) is 14.4 Å². The van der Waals surface area contributed by atoms with Crippen molar-refractivity contribution in [3.05, 3.63) is 72.9 Å². The third kappa shape index (κ3) is 65.5. The first kappa shape index (κ1) is 75.8. The lowest BCUT2D eigenvalue weighted by Gasteiger charge is -2.18. The molecule has 6 heteroatoms. The summed E-state index contributed by atoms with van der Waals surface area (Å²) in [7, 11) is 0. The highest BCUT2D eigenvalue weighted by atomic mass is 16.6. The van der Waals surface area contributed by atoms with Crippen LogP contribution in [0.25, 0.3) is 0 Å². The maximum atomic E-state index is 12.9. The summed E-state index contributed by atoms with van der Waals surface area (Å²) >= 11 is 0. The second-order valence-corrected chi connectivity index (χ2v) is 23.1. The molecule has 0 saturated carbocycles. The molecule has 6 nitrogen and oxygen atoms in total. The van der Waals surface area contributed by atoms with Crippen molar-refractivity contribution in [3.63, 3.8) is 0 Å². The van der Waals surface area contributed by atoms with Crippen molar-refractivity contribution in [2.24, 2.45) is 0 Å². The average molecular weight is 1100 g/mol. The smallest absolute Gasteiger partial charge is 0.306 e. The Morgan fingerprint density at radius 2 is 0.494 bits per heavy atom. The first-order valence-electron chi connectivity index (χ1n) is 34.4. The van der Waals surface area contributed by atoms with E-state index in [-0.39, 0.29) is 31.1 Å². The van der Waals surface area contributed by atoms with Gasteiger partial charge in [-0.05, 0) is 89.9 Å². The number of unbranched alkanes of at least 4 members (excludes halogenated alkanes) is 40. The summed E-state index contributed by atoms with van der Waals surface area (Å²) in [6, 6.07) is 0. The number of hydrogen-bond acceptors (Lipinski definition) is 6. The van der Waals surface area contributed by atoms with Gasteiger partial charge in [-0.2, -0.15) is 0 Å². The van der Waals surface area contributed by atoms with Crippen LogP contribution in [0.15, 0.2) is 72.9 Å². The van der Waals surface area contributed by atoms with Crippen molar-refractivity contribution in [1.82, 2.24) is 0 Å². The zero-order chi connectivity index (χ0) is 57.1. The second-order valence-electron chi connectivity index (χ2n) is 23.1. The average Bonchev–Trinajstić information content (AvgIpc) is 3.45. The summed E-state index contributed by atoms with van der Waals surface area (Å²) in [5.74, 6) is -0.860. The largest absolute Gasteiger partial charge is 0.462 e. The lowest BCUT2D eigenvalue weighted by Crippen LogP contribution is -2.30. The number of esters is 3. The van der Waals surface area contributed by atoms with Gasteiger partial charge in [0.25, 0.3) is 0 Å². The molecule has 0 bridgehead atoms. The minimum absolute atomic E-state index is 0.0721. The van der Waals surface area contributed by atoms with Gasteiger partial charge in [-0.3, -0.25) is 14.4 Å². The van der Waals surface area contributed by atoms with Gasteiger partial charge in [0, 0.05) is 19.3 Å². The topological polar surface area (TPSA) is 78.9 Å². The van der Waals surface area contributed by atoms with Crippen LogP contribution >= 0.6 is 0 Å². The number of carbonyl (C=O) groups excluding carboxylic acids is 3. The Bertz CT molecular complexity index is 1450. The minimum Gasteiger partial charge on any atom is -0.462 e. The maximum absolute atomic E-state index is 12.9.